The molecule has 16 nitrogen and oxygen atoms in total. The topological polar surface area (TPSA) is 109 Å². The van der Waals surface area contributed by atoms with Crippen LogP contribution in [0.4, 0.5) is 0 Å². The van der Waals surface area contributed by atoms with Gasteiger partial charge in [-0.25, -0.2) is 19.9 Å². The Morgan fingerprint density at radius 2 is 0.379 bits per heavy atom. The van der Waals surface area contributed by atoms with Crippen LogP contribution in [0.2, 0.25) is 0 Å². The van der Waals surface area contributed by atoms with Gasteiger partial charge in [0.1, 0.15) is 44.7 Å². The van der Waals surface area contributed by atoms with Gasteiger partial charge in [0, 0.05) is 129 Å². The van der Waals surface area contributed by atoms with E-state index in [4.69, 9.17) is 19.9 Å². The first-order valence-corrected chi connectivity index (χ1v) is 47.4. The Morgan fingerprint density at radius 3 is 0.771 bits per heavy atom. The van der Waals surface area contributed by atoms with E-state index in [9.17, 15) is 0 Å². The van der Waals surface area contributed by atoms with Crippen LogP contribution >= 0.6 is 0 Å². The normalized spacial score (nSPS) is 12.0. The van der Waals surface area contributed by atoms with Crippen LogP contribution in [0.3, 0.4) is 0 Å². The second-order valence-corrected chi connectivity index (χ2v) is 35.8. The minimum Gasteiger partial charge on any atom is -0.309 e. The van der Waals surface area contributed by atoms with Crippen molar-refractivity contribution in [2.75, 3.05) is 0 Å². The van der Waals surface area contributed by atoms with Gasteiger partial charge in [0.2, 0.25) is 0 Å². The Kier molecular flexibility index (Phi) is 17.4. The molecule has 0 bridgehead atoms. The highest BCUT2D eigenvalue weighted by molar-refractivity contribution is 6.19. The van der Waals surface area contributed by atoms with Crippen molar-refractivity contribution >= 4 is 198 Å². The standard InChI is InChI=1S/4C31H20N4/c1-4-12-26-23(9-1)24-10-2-5-13-27(24)34(26)21-16-18-22(19-17-21)35-28-14-6-3-11-25(28)30-31(35)33-20-8-7-15-29(33)32-30;1-2-11-21(12-3-1)34-24-15-6-4-13-22(24)29-26(34)17-10-18-27(29)35-25-16-7-5-14-23(25)30-31(35)33-20-9-8-19-28(33)32-30;1-2-10-21(11-3-1)34-26-14-6-4-12-23(26)24-18-17-22(20-28(24)34)35-27-15-7-5-13-25(27)30-31(35)33-19-9-8-16-29(33)32-30;1-2-10-21(11-3-1)34-26-14-6-4-12-23(26)25-20-22(17-18-28(25)34)35-27-15-7-5-13-24(27)30-31(35)33-19-9-8-16-29(33)32-30/h4*1-20H. The number of rotatable bonds is 8. The molecule has 0 unspecified atom stereocenters. The van der Waals surface area contributed by atoms with Crippen LogP contribution in [0.25, 0.3) is 244 Å². The fourth-order valence-corrected chi connectivity index (χ4v) is 22.4. The lowest BCUT2D eigenvalue weighted by Crippen LogP contribution is -1.99. The van der Waals surface area contributed by atoms with Crippen LogP contribution in [-0.2, 0) is 0 Å². The number of pyridine rings is 4. The van der Waals surface area contributed by atoms with Crippen molar-refractivity contribution in [3.8, 4) is 45.5 Å². The fraction of sp³-hybridized carbons (Fsp3) is 0. The number of fused-ring (bicyclic) bond motifs is 32. The highest BCUT2D eigenvalue weighted by Gasteiger charge is 2.27. The summed E-state index contributed by atoms with van der Waals surface area (Å²) in [6, 6.07) is 163. The molecular formula is C124H80N16. The summed E-state index contributed by atoms with van der Waals surface area (Å²) in [7, 11) is 0. The fourth-order valence-electron chi connectivity index (χ4n) is 22.4. The zero-order valence-corrected chi connectivity index (χ0v) is 75.3. The van der Waals surface area contributed by atoms with Gasteiger partial charge in [-0.2, -0.15) is 0 Å². The van der Waals surface area contributed by atoms with Gasteiger partial charge in [0.15, 0.2) is 22.6 Å². The van der Waals surface area contributed by atoms with Crippen LogP contribution in [0.15, 0.2) is 486 Å². The molecule has 0 saturated carbocycles. The largest absolute Gasteiger partial charge is 0.309 e. The van der Waals surface area contributed by atoms with Gasteiger partial charge in [-0.3, -0.25) is 35.9 Å². The first-order valence-electron chi connectivity index (χ1n) is 47.4. The van der Waals surface area contributed by atoms with E-state index in [1.807, 2.05) is 24.3 Å². The molecule has 0 spiro atoms. The SMILES string of the molecule is c1ccc(-n2c3ccccc3c3c(-n4c5ccccc5c5nc6ccccn6c54)cccc32)cc1.c1ccc(-n2c3ccccc3c3cc(-n4c5ccccc5c5nc6ccccn6c54)ccc32)cc1.c1ccc(-n2c3ccccc3c3ccc(-n4c5ccccc5c5nc6ccccn6c54)cc32)cc1.c1ccc2c(c1)c1ccccc1n2-c1ccc(-n2c3ccccc3c3nc4ccccn4c32)cc1. The van der Waals surface area contributed by atoms with Gasteiger partial charge < -0.3 is 18.3 Å². The van der Waals surface area contributed by atoms with Crippen molar-refractivity contribution < 1.29 is 0 Å². The summed E-state index contributed by atoms with van der Waals surface area (Å²) in [6.07, 6.45) is 8.39. The molecule has 16 heteroatoms. The monoisotopic (exact) mass is 1790 g/mol. The summed E-state index contributed by atoms with van der Waals surface area (Å²) in [5, 5.41) is 14.7. The van der Waals surface area contributed by atoms with Crippen molar-refractivity contribution in [1.29, 1.82) is 0 Å². The summed E-state index contributed by atoms with van der Waals surface area (Å²) in [4.78, 5) is 19.9. The lowest BCUT2D eigenvalue weighted by molar-refractivity contribution is 1.09. The second kappa shape index (κ2) is 31.1. The van der Waals surface area contributed by atoms with Crippen molar-refractivity contribution in [2.45, 2.75) is 0 Å². The van der Waals surface area contributed by atoms with Gasteiger partial charge in [-0.05, 0) is 206 Å². The molecule has 140 heavy (non-hydrogen) atoms. The summed E-state index contributed by atoms with van der Waals surface area (Å²) < 4.78 is 27.6. The number of benzene rings is 16. The van der Waals surface area contributed by atoms with Crippen LogP contribution in [-0.4, -0.2) is 74.1 Å². The maximum atomic E-state index is 5.02. The Labute approximate surface area is 798 Å². The van der Waals surface area contributed by atoms with E-state index < -0.39 is 0 Å². The lowest BCUT2D eigenvalue weighted by atomic mass is 10.1. The van der Waals surface area contributed by atoms with E-state index in [0.717, 1.165) is 151 Å². The highest BCUT2D eigenvalue weighted by atomic mass is 15.2. The zero-order chi connectivity index (χ0) is 91.7. The third kappa shape index (κ3) is 11.8. The van der Waals surface area contributed by atoms with E-state index in [1.165, 1.54) is 92.9 Å². The summed E-state index contributed by atoms with van der Waals surface area (Å²) in [6.45, 7) is 0. The van der Waals surface area contributed by atoms with Crippen molar-refractivity contribution in [2.24, 2.45) is 0 Å². The van der Waals surface area contributed by atoms with Gasteiger partial charge >= 0.3 is 0 Å². The average molecular weight is 1790 g/mol. The molecule has 32 rings (SSSR count). The molecule has 32 aromatic rings. The van der Waals surface area contributed by atoms with Crippen molar-refractivity contribution in [3.05, 3.63) is 486 Å². The van der Waals surface area contributed by atoms with Crippen molar-refractivity contribution in [3.63, 3.8) is 0 Å². The van der Waals surface area contributed by atoms with Gasteiger partial charge in [-0.1, -0.05) is 255 Å². The Bertz CT molecular complexity index is 10500. The van der Waals surface area contributed by atoms with Crippen LogP contribution < -0.4 is 0 Å². The summed E-state index contributed by atoms with van der Waals surface area (Å²) in [5.41, 5.74) is 35.7. The molecule has 16 aromatic carbocycles. The van der Waals surface area contributed by atoms with Crippen LogP contribution in [0, 0.1) is 0 Å². The number of aromatic nitrogens is 16. The van der Waals surface area contributed by atoms with Gasteiger partial charge in [-0.15, -0.1) is 0 Å². The van der Waals surface area contributed by atoms with Crippen LogP contribution in [0.5, 0.6) is 0 Å². The molecule has 656 valence electrons. The highest BCUT2D eigenvalue weighted by Crippen LogP contribution is 2.45. The number of nitrogens with zero attached hydrogens (tertiary/aromatic N) is 16. The summed E-state index contributed by atoms with van der Waals surface area (Å²) in [5.74, 6) is 0. The Morgan fingerprint density at radius 1 is 0.136 bits per heavy atom. The molecule has 0 radical (unpaired) electrons. The third-order valence-electron chi connectivity index (χ3n) is 28.2. The number of para-hydroxylation sites is 12. The maximum absolute atomic E-state index is 5.02. The minimum absolute atomic E-state index is 0.955. The minimum atomic E-state index is 0.955. The Balaban J connectivity index is 0.0000000896. The molecule has 0 aliphatic heterocycles. The first-order chi connectivity index (χ1) is 69.5. The van der Waals surface area contributed by atoms with E-state index in [-0.39, 0.29) is 0 Å². The number of imidazole rings is 4. The summed E-state index contributed by atoms with van der Waals surface area (Å²) >= 11 is 0. The molecule has 0 amide bonds. The molecular weight excluding hydrogens is 1710 g/mol. The van der Waals surface area contributed by atoms with Crippen LogP contribution in [0.1, 0.15) is 0 Å². The molecule has 0 atom stereocenters. The zero-order valence-electron chi connectivity index (χ0n) is 75.3. The molecule has 16 aromatic heterocycles. The third-order valence-corrected chi connectivity index (χ3v) is 28.2. The maximum Gasteiger partial charge on any atom is 0.150 e. The first kappa shape index (κ1) is 78.2. The van der Waals surface area contributed by atoms with Gasteiger partial charge in [0.05, 0.1) is 71.9 Å². The Hall–Kier alpha value is -19.3. The van der Waals surface area contributed by atoms with E-state index >= 15 is 0 Å². The smallest absolute Gasteiger partial charge is 0.150 e. The molecule has 0 aliphatic carbocycles. The molecule has 0 saturated heterocycles. The lowest BCUT2D eigenvalue weighted by Gasteiger charge is -2.11. The van der Waals surface area contributed by atoms with E-state index in [2.05, 4.69) is 516 Å². The molecule has 0 fully saturated rings. The van der Waals surface area contributed by atoms with Crippen molar-refractivity contribution in [1.82, 2.24) is 74.1 Å². The quantitative estimate of drug-likeness (QED) is 0.151. The number of hydrogen-bond acceptors (Lipinski definition) is 4. The molecule has 0 aliphatic rings. The van der Waals surface area contributed by atoms with E-state index in [0.29, 0.717) is 0 Å². The predicted molar refractivity (Wildman–Crippen MR) is 575 cm³/mol. The number of hydrogen-bond donors (Lipinski definition) is 0. The van der Waals surface area contributed by atoms with Gasteiger partial charge in [0.25, 0.3) is 0 Å². The van der Waals surface area contributed by atoms with E-state index in [1.54, 1.807) is 0 Å². The second-order valence-electron chi connectivity index (χ2n) is 35.8. The molecule has 16 heterocycles. The average Bonchev–Trinajstić information content (AvgIpc) is 1.55. The predicted octanol–water partition coefficient (Wildman–Crippen LogP) is 30.1. The molecule has 0 N–H and O–H groups in total.